The summed E-state index contributed by atoms with van der Waals surface area (Å²) in [5.41, 5.74) is 1.78. The minimum atomic E-state index is -0.722. The van der Waals surface area contributed by atoms with Crippen LogP contribution in [0.3, 0.4) is 0 Å². The fourth-order valence-corrected chi connectivity index (χ4v) is 3.58. The number of carbonyl (C=O) groups is 2. The van der Waals surface area contributed by atoms with Crippen molar-refractivity contribution in [3.8, 4) is 5.75 Å². The number of nitrogens with one attached hydrogen (secondary N) is 1. The molecule has 0 radical (unpaired) electrons. The van der Waals surface area contributed by atoms with Gasteiger partial charge in [0.2, 0.25) is 5.91 Å². The maximum Gasteiger partial charge on any atom is 0.261 e. The van der Waals surface area contributed by atoms with E-state index in [0.29, 0.717) is 39.7 Å². The second-order valence-corrected chi connectivity index (χ2v) is 9.36. The second-order valence-electron chi connectivity index (χ2n) is 8.55. The predicted molar refractivity (Wildman–Crippen MR) is 130 cm³/mol. The topological polar surface area (TPSA) is 58.6 Å². The van der Waals surface area contributed by atoms with Crippen molar-refractivity contribution in [3.05, 3.63) is 63.6 Å². The Morgan fingerprint density at radius 1 is 0.969 bits per heavy atom. The van der Waals surface area contributed by atoms with Gasteiger partial charge in [-0.3, -0.25) is 9.59 Å². The quantitative estimate of drug-likeness (QED) is 0.477. The molecule has 1 atom stereocenters. The van der Waals surface area contributed by atoms with Crippen LogP contribution in [0.2, 0.25) is 10.0 Å². The Labute approximate surface area is 201 Å². The monoisotopic (exact) mass is 478 g/mol. The summed E-state index contributed by atoms with van der Waals surface area (Å²) >= 11 is 12.6. The molecule has 0 saturated heterocycles. The molecule has 174 valence electrons. The van der Waals surface area contributed by atoms with Crippen molar-refractivity contribution in [1.29, 1.82) is 0 Å². The van der Waals surface area contributed by atoms with E-state index in [4.69, 9.17) is 27.9 Å². The molecule has 0 spiro atoms. The number of nitrogens with zero attached hydrogens (tertiary/aromatic N) is 1. The summed E-state index contributed by atoms with van der Waals surface area (Å²) in [6.07, 6.45) is 0. The van der Waals surface area contributed by atoms with Gasteiger partial charge in [0.05, 0.1) is 0 Å². The van der Waals surface area contributed by atoms with Gasteiger partial charge in [0, 0.05) is 28.7 Å². The van der Waals surface area contributed by atoms with E-state index >= 15 is 0 Å². The van der Waals surface area contributed by atoms with Crippen molar-refractivity contribution in [2.45, 2.75) is 53.1 Å². The average molecular weight is 479 g/mol. The van der Waals surface area contributed by atoms with Crippen LogP contribution in [0.1, 0.15) is 51.7 Å². The van der Waals surface area contributed by atoms with Crippen molar-refractivity contribution in [3.63, 3.8) is 0 Å². The summed E-state index contributed by atoms with van der Waals surface area (Å²) in [4.78, 5) is 27.3. The van der Waals surface area contributed by atoms with Crippen LogP contribution in [0.5, 0.6) is 5.75 Å². The van der Waals surface area contributed by atoms with Crippen LogP contribution in [0.25, 0.3) is 0 Å². The van der Waals surface area contributed by atoms with Crippen molar-refractivity contribution in [2.24, 2.45) is 5.92 Å². The highest BCUT2D eigenvalue weighted by atomic mass is 35.5. The Morgan fingerprint density at radius 2 is 1.56 bits per heavy atom. The van der Waals surface area contributed by atoms with Gasteiger partial charge in [-0.1, -0.05) is 69.1 Å². The summed E-state index contributed by atoms with van der Waals surface area (Å²) < 4.78 is 5.72. The fourth-order valence-electron chi connectivity index (χ4n) is 3.07. The van der Waals surface area contributed by atoms with Crippen LogP contribution in [-0.2, 0) is 16.1 Å². The van der Waals surface area contributed by atoms with E-state index in [1.54, 1.807) is 25.1 Å². The molecule has 0 aliphatic carbocycles. The molecule has 32 heavy (non-hydrogen) atoms. The lowest BCUT2D eigenvalue weighted by molar-refractivity contribution is -0.142. The van der Waals surface area contributed by atoms with Crippen molar-refractivity contribution in [2.75, 3.05) is 13.2 Å². The first-order chi connectivity index (χ1) is 15.1. The Hall–Kier alpha value is -2.24. The zero-order chi connectivity index (χ0) is 23.8. The molecule has 0 unspecified atom stereocenters. The van der Waals surface area contributed by atoms with Crippen LogP contribution in [-0.4, -0.2) is 35.9 Å². The molecule has 0 fully saturated rings. The summed E-state index contributed by atoms with van der Waals surface area (Å²) in [6, 6.07) is 12.1. The molecule has 0 aliphatic rings. The van der Waals surface area contributed by atoms with E-state index in [1.165, 1.54) is 10.5 Å². The molecule has 0 bridgehead atoms. The minimum Gasteiger partial charge on any atom is -0.484 e. The Morgan fingerprint density at radius 3 is 2.09 bits per heavy atom. The number of rotatable bonds is 10. The number of hydrogen-bond donors (Lipinski definition) is 1. The molecular weight excluding hydrogens is 447 g/mol. The fraction of sp³-hybridized carbons (Fsp3) is 0.440. The molecule has 0 aliphatic heterocycles. The SMILES string of the molecule is CC(C)CNC(=O)[C@@H](C)N(Cc1c(Cl)cccc1Cl)C(=O)COc1ccc(C(C)C)cc1. The van der Waals surface area contributed by atoms with Gasteiger partial charge < -0.3 is 15.0 Å². The maximum absolute atomic E-state index is 13.1. The normalized spacial score (nSPS) is 12.0. The smallest absolute Gasteiger partial charge is 0.261 e. The van der Waals surface area contributed by atoms with Gasteiger partial charge >= 0.3 is 0 Å². The molecule has 2 rings (SSSR count). The first-order valence-electron chi connectivity index (χ1n) is 10.8. The van der Waals surface area contributed by atoms with Crippen molar-refractivity contribution >= 4 is 35.0 Å². The van der Waals surface area contributed by atoms with Crippen LogP contribution in [0.4, 0.5) is 0 Å². The Kier molecular flexibility index (Phi) is 9.85. The lowest BCUT2D eigenvalue weighted by Crippen LogP contribution is -2.49. The molecule has 0 saturated carbocycles. The highest BCUT2D eigenvalue weighted by molar-refractivity contribution is 6.36. The molecule has 7 heteroatoms. The average Bonchev–Trinajstić information content (AvgIpc) is 2.75. The summed E-state index contributed by atoms with van der Waals surface area (Å²) in [5.74, 6) is 0.727. The van der Waals surface area contributed by atoms with E-state index in [2.05, 4.69) is 19.2 Å². The third-order valence-corrected chi connectivity index (χ3v) is 5.86. The minimum absolute atomic E-state index is 0.100. The molecule has 2 aromatic carbocycles. The van der Waals surface area contributed by atoms with E-state index in [9.17, 15) is 9.59 Å². The Bertz CT molecular complexity index is 894. The highest BCUT2D eigenvalue weighted by Gasteiger charge is 2.28. The lowest BCUT2D eigenvalue weighted by atomic mass is 10.0. The first-order valence-corrected chi connectivity index (χ1v) is 11.6. The zero-order valence-corrected chi connectivity index (χ0v) is 20.8. The van der Waals surface area contributed by atoms with Gasteiger partial charge in [-0.15, -0.1) is 0 Å². The third kappa shape index (κ3) is 7.42. The van der Waals surface area contributed by atoms with Crippen molar-refractivity contribution < 1.29 is 14.3 Å². The Balaban J connectivity index is 2.18. The number of ether oxygens (including phenoxy) is 1. The number of halogens is 2. The molecule has 2 amide bonds. The number of carbonyl (C=O) groups excluding carboxylic acids is 2. The van der Waals surface area contributed by atoms with Gasteiger partial charge in [-0.25, -0.2) is 0 Å². The van der Waals surface area contributed by atoms with Crippen LogP contribution < -0.4 is 10.1 Å². The lowest BCUT2D eigenvalue weighted by Gasteiger charge is -2.29. The molecular formula is C25H32Cl2N2O3. The van der Waals surface area contributed by atoms with E-state index in [0.717, 1.165) is 0 Å². The van der Waals surface area contributed by atoms with Crippen LogP contribution in [0, 0.1) is 5.92 Å². The number of benzene rings is 2. The molecule has 1 N–H and O–H groups in total. The largest absolute Gasteiger partial charge is 0.484 e. The highest BCUT2D eigenvalue weighted by Crippen LogP contribution is 2.27. The maximum atomic E-state index is 13.1. The van der Waals surface area contributed by atoms with Gasteiger partial charge in [-0.2, -0.15) is 0 Å². The number of amides is 2. The summed E-state index contributed by atoms with van der Waals surface area (Å²) in [5, 5.41) is 3.76. The van der Waals surface area contributed by atoms with Gasteiger partial charge in [0.1, 0.15) is 11.8 Å². The van der Waals surface area contributed by atoms with Crippen molar-refractivity contribution in [1.82, 2.24) is 10.2 Å². The molecule has 0 aromatic heterocycles. The molecule has 0 heterocycles. The second kappa shape index (κ2) is 12.1. The standard InChI is InChI=1S/C25H32Cl2N2O3/c1-16(2)13-28-25(31)18(5)29(14-21-22(26)7-6-8-23(21)27)24(30)15-32-20-11-9-19(10-12-20)17(3)4/h6-12,16-18H,13-15H2,1-5H3,(H,28,31)/t18-/m1/s1. The first kappa shape index (κ1) is 26.0. The summed E-state index contributed by atoms with van der Waals surface area (Å²) in [7, 11) is 0. The van der Waals surface area contributed by atoms with Crippen LogP contribution >= 0.6 is 23.2 Å². The van der Waals surface area contributed by atoms with Gasteiger partial charge in [0.15, 0.2) is 6.61 Å². The summed E-state index contributed by atoms with van der Waals surface area (Å²) in [6.45, 7) is 10.4. The predicted octanol–water partition coefficient (Wildman–Crippen LogP) is 5.69. The van der Waals surface area contributed by atoms with E-state index in [1.807, 2.05) is 38.1 Å². The number of hydrogen-bond acceptors (Lipinski definition) is 3. The van der Waals surface area contributed by atoms with Gasteiger partial charge in [-0.05, 0) is 48.6 Å². The van der Waals surface area contributed by atoms with Gasteiger partial charge in [0.25, 0.3) is 5.91 Å². The molecule has 5 nitrogen and oxygen atoms in total. The molecule has 2 aromatic rings. The zero-order valence-electron chi connectivity index (χ0n) is 19.3. The van der Waals surface area contributed by atoms with E-state index < -0.39 is 6.04 Å². The van der Waals surface area contributed by atoms with E-state index in [-0.39, 0.29) is 25.0 Å². The van der Waals surface area contributed by atoms with Crippen LogP contribution in [0.15, 0.2) is 42.5 Å². The third-order valence-electron chi connectivity index (χ3n) is 5.15.